The number of aromatic nitrogens is 2. The van der Waals surface area contributed by atoms with Crippen molar-refractivity contribution in [1.29, 1.82) is 0 Å². The number of hydrogen-bond acceptors (Lipinski definition) is 4. The van der Waals surface area contributed by atoms with Gasteiger partial charge in [0.2, 0.25) is 0 Å². The van der Waals surface area contributed by atoms with Gasteiger partial charge in [-0.1, -0.05) is 30.3 Å². The van der Waals surface area contributed by atoms with Crippen molar-refractivity contribution >= 4 is 11.7 Å². The van der Waals surface area contributed by atoms with Gasteiger partial charge in [-0.2, -0.15) is 0 Å². The van der Waals surface area contributed by atoms with Crippen molar-refractivity contribution < 1.29 is 4.79 Å². The molecule has 1 N–H and O–H groups in total. The van der Waals surface area contributed by atoms with Crippen LogP contribution >= 0.6 is 0 Å². The molecule has 0 saturated carbocycles. The summed E-state index contributed by atoms with van der Waals surface area (Å²) in [4.78, 5) is 23.1. The Morgan fingerprint density at radius 2 is 1.81 bits per heavy atom. The number of nitrogens with one attached hydrogen (secondary N) is 1. The summed E-state index contributed by atoms with van der Waals surface area (Å²) < 4.78 is 0. The molecule has 5 nitrogen and oxygen atoms in total. The topological polar surface area (TPSA) is 58.1 Å². The lowest BCUT2D eigenvalue weighted by atomic mass is 9.99. The number of hydrogen-bond donors (Lipinski definition) is 1. The second-order valence-electron chi connectivity index (χ2n) is 6.34. The van der Waals surface area contributed by atoms with Crippen molar-refractivity contribution in [1.82, 2.24) is 15.3 Å². The number of carbonyl (C=O) groups excluding carboxylic acids is 1. The van der Waals surface area contributed by atoms with E-state index in [1.165, 1.54) is 11.1 Å². The first-order valence-electron chi connectivity index (χ1n) is 8.75. The van der Waals surface area contributed by atoms with E-state index in [1.807, 2.05) is 18.3 Å². The largest absolute Gasteiger partial charge is 0.352 e. The first kappa shape index (κ1) is 16.3. The molecule has 0 fully saturated rings. The van der Waals surface area contributed by atoms with Gasteiger partial charge in [-0.25, -0.2) is 4.98 Å². The molecule has 1 aromatic carbocycles. The van der Waals surface area contributed by atoms with E-state index in [2.05, 4.69) is 44.5 Å². The van der Waals surface area contributed by atoms with Gasteiger partial charge >= 0.3 is 0 Å². The van der Waals surface area contributed by atoms with Crippen LogP contribution in [0.4, 0.5) is 5.82 Å². The molecular weight excluding hydrogens is 324 g/mol. The molecule has 3 aromatic rings. The van der Waals surface area contributed by atoms with Gasteiger partial charge in [0.05, 0.1) is 0 Å². The Morgan fingerprint density at radius 3 is 2.65 bits per heavy atom. The van der Waals surface area contributed by atoms with Crippen LogP contribution in [-0.4, -0.2) is 22.4 Å². The van der Waals surface area contributed by atoms with Crippen molar-refractivity contribution in [3.63, 3.8) is 0 Å². The van der Waals surface area contributed by atoms with E-state index in [1.54, 1.807) is 24.5 Å². The zero-order chi connectivity index (χ0) is 17.8. The van der Waals surface area contributed by atoms with E-state index in [4.69, 9.17) is 0 Å². The molecule has 1 aliphatic heterocycles. The third kappa shape index (κ3) is 3.42. The summed E-state index contributed by atoms with van der Waals surface area (Å²) in [5.74, 6) is 0.836. The summed E-state index contributed by atoms with van der Waals surface area (Å²) in [7, 11) is 0. The average molecular weight is 344 g/mol. The lowest BCUT2D eigenvalue weighted by Gasteiger charge is -2.31. The van der Waals surface area contributed by atoms with Gasteiger partial charge in [0, 0.05) is 49.4 Å². The highest BCUT2D eigenvalue weighted by molar-refractivity contribution is 5.93. The van der Waals surface area contributed by atoms with Crippen molar-refractivity contribution in [2.24, 2.45) is 0 Å². The minimum absolute atomic E-state index is 0.105. The van der Waals surface area contributed by atoms with E-state index < -0.39 is 0 Å². The summed E-state index contributed by atoms with van der Waals surface area (Å²) in [6.45, 7) is 2.22. The molecule has 130 valence electrons. The molecular formula is C21H20N4O. The molecule has 0 radical (unpaired) electrons. The first-order valence-corrected chi connectivity index (χ1v) is 8.75. The molecule has 0 saturated heterocycles. The molecule has 1 amide bonds. The number of rotatable bonds is 4. The van der Waals surface area contributed by atoms with Gasteiger partial charge in [0.25, 0.3) is 5.91 Å². The molecule has 2 aromatic heterocycles. The van der Waals surface area contributed by atoms with Crippen LogP contribution in [0.2, 0.25) is 0 Å². The van der Waals surface area contributed by atoms with Gasteiger partial charge in [-0.05, 0) is 35.7 Å². The molecule has 5 heteroatoms. The predicted molar refractivity (Wildman–Crippen MR) is 101 cm³/mol. The summed E-state index contributed by atoms with van der Waals surface area (Å²) >= 11 is 0. The van der Waals surface area contributed by atoms with Crippen molar-refractivity contribution in [2.45, 2.75) is 19.5 Å². The van der Waals surface area contributed by atoms with Gasteiger partial charge in [0.1, 0.15) is 5.82 Å². The number of nitrogens with zero attached hydrogens (tertiary/aromatic N) is 3. The van der Waals surface area contributed by atoms with E-state index in [0.717, 1.165) is 30.9 Å². The van der Waals surface area contributed by atoms with E-state index in [-0.39, 0.29) is 5.91 Å². The normalized spacial score (nSPS) is 13.2. The maximum absolute atomic E-state index is 12.3. The van der Waals surface area contributed by atoms with Gasteiger partial charge < -0.3 is 10.2 Å². The maximum Gasteiger partial charge on any atom is 0.251 e. The van der Waals surface area contributed by atoms with Crippen molar-refractivity contribution in [3.8, 4) is 0 Å². The number of pyridine rings is 2. The SMILES string of the molecule is O=C(NCc1cccnc1N1CCc2ccccc2C1)c1ccncc1. The van der Waals surface area contributed by atoms with Crippen LogP contribution in [0.5, 0.6) is 0 Å². The quantitative estimate of drug-likeness (QED) is 0.790. The molecule has 1 aliphatic rings. The Morgan fingerprint density at radius 1 is 1.00 bits per heavy atom. The smallest absolute Gasteiger partial charge is 0.251 e. The lowest BCUT2D eigenvalue weighted by Crippen LogP contribution is -2.32. The number of anilines is 1. The average Bonchev–Trinajstić information content (AvgIpc) is 2.72. The van der Waals surface area contributed by atoms with Crippen LogP contribution in [0.15, 0.2) is 67.1 Å². The van der Waals surface area contributed by atoms with E-state index in [9.17, 15) is 4.79 Å². The van der Waals surface area contributed by atoms with Crippen LogP contribution in [0.3, 0.4) is 0 Å². The lowest BCUT2D eigenvalue weighted by molar-refractivity contribution is 0.0951. The van der Waals surface area contributed by atoms with Crippen molar-refractivity contribution in [3.05, 3.63) is 89.4 Å². The highest BCUT2D eigenvalue weighted by atomic mass is 16.1. The van der Waals surface area contributed by atoms with Crippen LogP contribution < -0.4 is 10.2 Å². The minimum atomic E-state index is -0.105. The Kier molecular flexibility index (Phi) is 4.60. The summed E-state index contributed by atoms with van der Waals surface area (Å²) in [6.07, 6.45) is 6.06. The summed E-state index contributed by atoms with van der Waals surface area (Å²) in [5, 5.41) is 2.98. The Labute approximate surface area is 152 Å². The Bertz CT molecular complexity index is 911. The molecule has 3 heterocycles. The monoisotopic (exact) mass is 344 g/mol. The predicted octanol–water partition coefficient (Wildman–Crippen LogP) is 2.97. The number of amides is 1. The van der Waals surface area contributed by atoms with E-state index >= 15 is 0 Å². The number of benzene rings is 1. The maximum atomic E-state index is 12.3. The summed E-state index contributed by atoms with van der Waals surface area (Å²) in [6, 6.07) is 15.9. The van der Waals surface area contributed by atoms with Crippen LogP contribution in [-0.2, 0) is 19.5 Å². The zero-order valence-electron chi connectivity index (χ0n) is 14.4. The van der Waals surface area contributed by atoms with Gasteiger partial charge in [-0.15, -0.1) is 0 Å². The van der Waals surface area contributed by atoms with Gasteiger partial charge in [-0.3, -0.25) is 9.78 Å². The Hall–Kier alpha value is -3.21. The standard InChI is InChI=1S/C21H20N4O/c26-21(17-7-11-22-12-8-17)24-14-18-6-3-10-23-20(18)25-13-9-16-4-1-2-5-19(16)15-25/h1-8,10-12H,9,13-15H2,(H,24,26). The molecule has 0 spiro atoms. The number of fused-ring (bicyclic) bond motifs is 1. The fourth-order valence-electron chi connectivity index (χ4n) is 3.31. The van der Waals surface area contributed by atoms with E-state index in [0.29, 0.717) is 12.1 Å². The zero-order valence-corrected chi connectivity index (χ0v) is 14.4. The van der Waals surface area contributed by atoms with Crippen molar-refractivity contribution in [2.75, 3.05) is 11.4 Å². The van der Waals surface area contributed by atoms with Gasteiger partial charge in [0.15, 0.2) is 0 Å². The summed E-state index contributed by atoms with van der Waals surface area (Å²) in [5.41, 5.74) is 4.38. The first-order chi connectivity index (χ1) is 12.8. The van der Waals surface area contributed by atoms with Crippen LogP contribution in [0.25, 0.3) is 0 Å². The second-order valence-corrected chi connectivity index (χ2v) is 6.34. The highest BCUT2D eigenvalue weighted by Crippen LogP contribution is 2.25. The molecule has 4 rings (SSSR count). The Balaban J connectivity index is 1.50. The van der Waals surface area contributed by atoms with Crippen LogP contribution in [0, 0.1) is 0 Å². The van der Waals surface area contributed by atoms with Crippen LogP contribution in [0.1, 0.15) is 27.0 Å². The number of carbonyl (C=O) groups is 1. The fraction of sp³-hybridized carbons (Fsp3) is 0.190. The minimum Gasteiger partial charge on any atom is -0.352 e. The molecule has 0 aliphatic carbocycles. The third-order valence-electron chi connectivity index (χ3n) is 4.68. The molecule has 0 bridgehead atoms. The highest BCUT2D eigenvalue weighted by Gasteiger charge is 2.19. The molecule has 0 unspecified atom stereocenters. The fourth-order valence-corrected chi connectivity index (χ4v) is 3.31. The molecule has 26 heavy (non-hydrogen) atoms. The second kappa shape index (κ2) is 7.35. The molecule has 0 atom stereocenters. The third-order valence-corrected chi connectivity index (χ3v) is 4.68.